The molecule has 19 heavy (non-hydrogen) atoms. The minimum atomic E-state index is 0.573. The molecule has 0 spiro atoms. The van der Waals surface area contributed by atoms with Crippen molar-refractivity contribution in [1.29, 1.82) is 0 Å². The Balaban J connectivity index is 2.41. The molecule has 1 aromatic carbocycles. The normalized spacial score (nSPS) is 10.5. The number of hydrogen-bond acceptors (Lipinski definition) is 3. The molecule has 0 amide bonds. The predicted molar refractivity (Wildman–Crippen MR) is 76.9 cm³/mol. The Labute approximate surface area is 120 Å². The summed E-state index contributed by atoms with van der Waals surface area (Å²) in [5.41, 5.74) is 3.57. The summed E-state index contributed by atoms with van der Waals surface area (Å²) in [5, 5.41) is 4.46. The molecule has 0 aliphatic heterocycles. The zero-order valence-electron chi connectivity index (χ0n) is 11.1. The van der Waals surface area contributed by atoms with Crippen LogP contribution in [0.5, 0.6) is 5.75 Å². The van der Waals surface area contributed by atoms with Gasteiger partial charge in [0.2, 0.25) is 0 Å². The molecule has 100 valence electrons. The van der Waals surface area contributed by atoms with E-state index in [2.05, 4.69) is 21.0 Å². The topological polar surface area (TPSA) is 44.1 Å². The van der Waals surface area contributed by atoms with Gasteiger partial charge < -0.3 is 4.74 Å². The van der Waals surface area contributed by atoms with E-state index in [4.69, 9.17) is 4.74 Å². The molecule has 0 fully saturated rings. The first-order valence-corrected chi connectivity index (χ1v) is 6.67. The largest absolute Gasteiger partial charge is 0.496 e. The summed E-state index contributed by atoms with van der Waals surface area (Å²) in [5.74, 6) is 0.759. The van der Waals surface area contributed by atoms with E-state index < -0.39 is 0 Å². The van der Waals surface area contributed by atoms with Gasteiger partial charge in [0.25, 0.3) is 0 Å². The van der Waals surface area contributed by atoms with Gasteiger partial charge in [0.05, 0.1) is 29.5 Å². The molecule has 0 saturated heterocycles. The van der Waals surface area contributed by atoms with E-state index >= 15 is 0 Å². The van der Waals surface area contributed by atoms with Crippen molar-refractivity contribution in [2.75, 3.05) is 7.11 Å². The lowest BCUT2D eigenvalue weighted by Crippen LogP contribution is -2.06. The summed E-state index contributed by atoms with van der Waals surface area (Å²) >= 11 is 3.51. The monoisotopic (exact) mass is 322 g/mol. The molecule has 0 aliphatic carbocycles. The highest BCUT2D eigenvalue weighted by atomic mass is 79.9. The minimum Gasteiger partial charge on any atom is -0.496 e. The molecule has 0 saturated carbocycles. The Bertz CT molecular complexity index is 620. The van der Waals surface area contributed by atoms with Crippen molar-refractivity contribution >= 4 is 22.2 Å². The first kappa shape index (κ1) is 13.8. The van der Waals surface area contributed by atoms with E-state index in [1.165, 1.54) is 0 Å². The van der Waals surface area contributed by atoms with E-state index in [0.717, 1.165) is 33.5 Å². The van der Waals surface area contributed by atoms with Crippen LogP contribution in [-0.4, -0.2) is 23.2 Å². The number of nitrogens with zero attached hydrogens (tertiary/aromatic N) is 2. The second-order valence-electron chi connectivity index (χ2n) is 4.33. The number of benzene rings is 1. The molecule has 4 nitrogen and oxygen atoms in total. The minimum absolute atomic E-state index is 0.573. The Morgan fingerprint density at radius 2 is 2.16 bits per heavy atom. The number of halogens is 1. The van der Waals surface area contributed by atoms with Gasteiger partial charge in [-0.05, 0) is 48.0 Å². The molecule has 0 N–H and O–H groups in total. The number of methoxy groups -OCH3 is 1. The maximum Gasteiger partial charge on any atom is 0.150 e. The lowest BCUT2D eigenvalue weighted by atomic mass is 10.1. The fourth-order valence-corrected chi connectivity index (χ4v) is 2.27. The number of hydrogen-bond donors (Lipinski definition) is 0. The molecule has 2 rings (SSSR count). The molecule has 5 heteroatoms. The van der Waals surface area contributed by atoms with E-state index in [9.17, 15) is 4.79 Å². The molecule has 0 aliphatic rings. The average molecular weight is 323 g/mol. The third-order valence-electron chi connectivity index (χ3n) is 3.05. The van der Waals surface area contributed by atoms with Crippen molar-refractivity contribution in [1.82, 2.24) is 9.78 Å². The SMILES string of the molecule is COc1ccc(C=O)cc1Cn1nc(C)c(Br)c1C. The van der Waals surface area contributed by atoms with Crippen molar-refractivity contribution in [3.63, 3.8) is 0 Å². The van der Waals surface area contributed by atoms with Crippen LogP contribution in [0.15, 0.2) is 22.7 Å². The first-order valence-electron chi connectivity index (χ1n) is 5.88. The molecule has 0 unspecified atom stereocenters. The first-order chi connectivity index (χ1) is 9.06. The van der Waals surface area contributed by atoms with E-state index in [1.54, 1.807) is 19.2 Å². The smallest absolute Gasteiger partial charge is 0.150 e. The van der Waals surface area contributed by atoms with Crippen LogP contribution in [0.25, 0.3) is 0 Å². The predicted octanol–water partition coefficient (Wildman–Crippen LogP) is 3.13. The highest BCUT2D eigenvalue weighted by Gasteiger charge is 2.11. The molecule has 1 aromatic heterocycles. The van der Waals surface area contributed by atoms with Gasteiger partial charge in [-0.3, -0.25) is 9.48 Å². The summed E-state index contributed by atoms with van der Waals surface area (Å²) in [7, 11) is 1.62. The Hall–Kier alpha value is -1.62. The van der Waals surface area contributed by atoms with Gasteiger partial charge >= 0.3 is 0 Å². The number of rotatable bonds is 4. The average Bonchev–Trinajstić information content (AvgIpc) is 2.66. The third kappa shape index (κ3) is 2.71. The molecule has 0 atom stereocenters. The second kappa shape index (κ2) is 5.57. The Kier molecular flexibility index (Phi) is 4.04. The van der Waals surface area contributed by atoms with Crippen LogP contribution >= 0.6 is 15.9 Å². The number of carbonyl (C=O) groups excluding carboxylic acids is 1. The van der Waals surface area contributed by atoms with Gasteiger partial charge in [-0.25, -0.2) is 0 Å². The van der Waals surface area contributed by atoms with Crippen LogP contribution < -0.4 is 4.74 Å². The van der Waals surface area contributed by atoms with Gasteiger partial charge in [0.15, 0.2) is 0 Å². The molecule has 0 bridgehead atoms. The molecule has 0 radical (unpaired) electrons. The van der Waals surface area contributed by atoms with Crippen LogP contribution in [-0.2, 0) is 6.54 Å². The lowest BCUT2D eigenvalue weighted by molar-refractivity contribution is 0.112. The van der Waals surface area contributed by atoms with E-state index in [0.29, 0.717) is 12.1 Å². The van der Waals surface area contributed by atoms with Crippen LogP contribution in [0.1, 0.15) is 27.3 Å². The van der Waals surface area contributed by atoms with Crippen LogP contribution in [0, 0.1) is 13.8 Å². The number of aryl methyl sites for hydroxylation is 1. The van der Waals surface area contributed by atoms with Gasteiger partial charge in [0.1, 0.15) is 12.0 Å². The fraction of sp³-hybridized carbons (Fsp3) is 0.286. The summed E-state index contributed by atoms with van der Waals surface area (Å²) in [6, 6.07) is 5.38. The third-order valence-corrected chi connectivity index (χ3v) is 4.20. The Morgan fingerprint density at radius 1 is 1.42 bits per heavy atom. The highest BCUT2D eigenvalue weighted by molar-refractivity contribution is 9.10. The molecule has 2 aromatic rings. The number of aldehydes is 1. The summed E-state index contributed by atoms with van der Waals surface area (Å²) in [4.78, 5) is 10.9. The van der Waals surface area contributed by atoms with Gasteiger partial charge in [-0.2, -0.15) is 5.10 Å². The second-order valence-corrected chi connectivity index (χ2v) is 5.12. The van der Waals surface area contributed by atoms with Crippen molar-refractivity contribution < 1.29 is 9.53 Å². The molecule has 1 heterocycles. The van der Waals surface area contributed by atoms with E-state index in [-0.39, 0.29) is 0 Å². The van der Waals surface area contributed by atoms with Gasteiger partial charge in [0, 0.05) is 11.1 Å². The van der Waals surface area contributed by atoms with Gasteiger partial charge in [-0.1, -0.05) is 0 Å². The van der Waals surface area contributed by atoms with Crippen LogP contribution in [0.4, 0.5) is 0 Å². The van der Waals surface area contributed by atoms with Crippen molar-refractivity contribution in [2.45, 2.75) is 20.4 Å². The van der Waals surface area contributed by atoms with Crippen LogP contribution in [0.2, 0.25) is 0 Å². The van der Waals surface area contributed by atoms with Crippen LogP contribution in [0.3, 0.4) is 0 Å². The standard InChI is InChI=1S/C14H15BrN2O2/c1-9-14(15)10(2)17(16-9)7-12-6-11(8-18)4-5-13(12)19-3/h4-6,8H,7H2,1-3H3. The fourth-order valence-electron chi connectivity index (χ4n) is 1.99. The van der Waals surface area contributed by atoms with E-state index in [1.807, 2.05) is 24.6 Å². The summed E-state index contributed by atoms with van der Waals surface area (Å²) in [6.45, 7) is 4.52. The maximum atomic E-state index is 10.9. The zero-order valence-corrected chi connectivity index (χ0v) is 12.7. The number of ether oxygens (including phenoxy) is 1. The maximum absolute atomic E-state index is 10.9. The van der Waals surface area contributed by atoms with Gasteiger partial charge in [-0.15, -0.1) is 0 Å². The van der Waals surface area contributed by atoms with Crippen molar-refractivity contribution in [3.05, 3.63) is 45.2 Å². The Morgan fingerprint density at radius 3 is 2.68 bits per heavy atom. The highest BCUT2D eigenvalue weighted by Crippen LogP contribution is 2.24. The number of carbonyl (C=O) groups is 1. The molecular weight excluding hydrogens is 308 g/mol. The quantitative estimate of drug-likeness (QED) is 0.812. The zero-order chi connectivity index (χ0) is 14.0. The summed E-state index contributed by atoms with van der Waals surface area (Å²) < 4.78 is 8.23. The lowest BCUT2D eigenvalue weighted by Gasteiger charge is -2.10. The van der Waals surface area contributed by atoms with Crippen molar-refractivity contribution in [2.24, 2.45) is 0 Å². The molecular formula is C14H15BrN2O2. The van der Waals surface area contributed by atoms with Crippen molar-refractivity contribution in [3.8, 4) is 5.75 Å². The summed E-state index contributed by atoms with van der Waals surface area (Å²) in [6.07, 6.45) is 0.833. The number of aromatic nitrogens is 2.